The van der Waals surface area contributed by atoms with Crippen LogP contribution in [0.15, 0.2) is 24.3 Å². The minimum atomic E-state index is -1.01. The molecular weight excluding hydrogens is 275 g/mol. The Kier molecular flexibility index (Phi) is 2.77. The van der Waals surface area contributed by atoms with Gasteiger partial charge in [0.25, 0.3) is 0 Å². The first-order chi connectivity index (χ1) is 9.86. The lowest BCUT2D eigenvalue weighted by molar-refractivity contribution is -0.215. The molecule has 2 bridgehead atoms. The molecule has 1 aromatic carbocycles. The second-order valence-electron chi connectivity index (χ2n) is 6.72. The first kappa shape index (κ1) is 13.6. The Labute approximate surface area is 122 Å². The Morgan fingerprint density at radius 3 is 2.10 bits per heavy atom. The number of hydrogen-bond acceptors (Lipinski definition) is 4. The smallest absolute Gasteiger partial charge is 0.164 e. The maximum absolute atomic E-state index is 13.1. The van der Waals surface area contributed by atoms with Crippen LogP contribution in [0.2, 0.25) is 0 Å². The molecule has 3 aliphatic heterocycles. The SMILES string of the molecule is CC1(C)O[C@@H]2[C@H](O1)[C@H]1CC(O)(c3ccc(F)cc3)C[C@@H]2O1. The van der Waals surface area contributed by atoms with Crippen LogP contribution < -0.4 is 0 Å². The van der Waals surface area contributed by atoms with Crippen LogP contribution in [0.4, 0.5) is 4.39 Å². The Balaban J connectivity index is 1.62. The summed E-state index contributed by atoms with van der Waals surface area (Å²) in [6, 6.07) is 6.03. The van der Waals surface area contributed by atoms with Crippen molar-refractivity contribution in [3.05, 3.63) is 35.6 Å². The lowest BCUT2D eigenvalue weighted by Gasteiger charge is -2.38. The number of benzene rings is 1. The van der Waals surface area contributed by atoms with E-state index >= 15 is 0 Å². The lowest BCUT2D eigenvalue weighted by Crippen LogP contribution is -2.42. The second-order valence-corrected chi connectivity index (χ2v) is 6.72. The third kappa shape index (κ3) is 2.11. The largest absolute Gasteiger partial charge is 0.385 e. The van der Waals surface area contributed by atoms with Crippen molar-refractivity contribution >= 4 is 0 Å². The molecule has 4 nitrogen and oxygen atoms in total. The summed E-state index contributed by atoms with van der Waals surface area (Å²) >= 11 is 0. The van der Waals surface area contributed by atoms with Gasteiger partial charge in [0.15, 0.2) is 5.79 Å². The molecule has 3 aliphatic rings. The van der Waals surface area contributed by atoms with Gasteiger partial charge in [-0.1, -0.05) is 12.1 Å². The van der Waals surface area contributed by atoms with Crippen molar-refractivity contribution in [2.24, 2.45) is 0 Å². The molecule has 3 fully saturated rings. The van der Waals surface area contributed by atoms with E-state index < -0.39 is 11.4 Å². The van der Waals surface area contributed by atoms with Crippen molar-refractivity contribution in [1.29, 1.82) is 0 Å². The number of hydrogen-bond donors (Lipinski definition) is 1. The highest BCUT2D eigenvalue weighted by Crippen LogP contribution is 2.50. The zero-order valence-electron chi connectivity index (χ0n) is 12.1. The van der Waals surface area contributed by atoms with E-state index in [9.17, 15) is 9.50 Å². The van der Waals surface area contributed by atoms with Crippen LogP contribution in [0.1, 0.15) is 32.3 Å². The molecule has 5 heteroatoms. The van der Waals surface area contributed by atoms with Gasteiger partial charge in [-0.3, -0.25) is 0 Å². The summed E-state index contributed by atoms with van der Waals surface area (Å²) in [5, 5.41) is 11.0. The summed E-state index contributed by atoms with van der Waals surface area (Å²) in [6.07, 6.45) is 0.223. The molecule has 0 spiro atoms. The minimum Gasteiger partial charge on any atom is -0.385 e. The predicted molar refractivity (Wildman–Crippen MR) is 72.0 cm³/mol. The Morgan fingerprint density at radius 1 is 1.05 bits per heavy atom. The average molecular weight is 294 g/mol. The zero-order chi connectivity index (χ0) is 14.8. The molecule has 1 aromatic rings. The molecule has 0 aromatic heterocycles. The zero-order valence-corrected chi connectivity index (χ0v) is 12.1. The van der Waals surface area contributed by atoms with Crippen molar-refractivity contribution in [3.8, 4) is 0 Å². The highest BCUT2D eigenvalue weighted by atomic mass is 19.1. The lowest BCUT2D eigenvalue weighted by atomic mass is 9.83. The summed E-state index contributed by atoms with van der Waals surface area (Å²) < 4.78 is 30.8. The predicted octanol–water partition coefficient (Wildman–Crippen LogP) is 2.09. The van der Waals surface area contributed by atoms with Gasteiger partial charge in [0.2, 0.25) is 0 Å². The second kappa shape index (κ2) is 4.26. The molecule has 0 radical (unpaired) electrons. The molecule has 21 heavy (non-hydrogen) atoms. The third-order valence-electron chi connectivity index (χ3n) is 4.71. The van der Waals surface area contributed by atoms with Crippen LogP contribution in [-0.2, 0) is 19.8 Å². The molecule has 0 saturated carbocycles. The quantitative estimate of drug-likeness (QED) is 0.861. The summed E-state index contributed by atoms with van der Waals surface area (Å²) in [4.78, 5) is 0. The summed E-state index contributed by atoms with van der Waals surface area (Å²) in [7, 11) is 0. The van der Waals surface area contributed by atoms with Gasteiger partial charge >= 0.3 is 0 Å². The van der Waals surface area contributed by atoms with Crippen LogP contribution in [0.25, 0.3) is 0 Å². The Bertz CT molecular complexity index is 534. The van der Waals surface area contributed by atoms with Crippen LogP contribution >= 0.6 is 0 Å². The van der Waals surface area contributed by atoms with Gasteiger partial charge < -0.3 is 19.3 Å². The molecule has 3 saturated heterocycles. The van der Waals surface area contributed by atoms with E-state index in [-0.39, 0.29) is 30.2 Å². The fourth-order valence-electron chi connectivity index (χ4n) is 3.84. The van der Waals surface area contributed by atoms with E-state index in [1.54, 1.807) is 12.1 Å². The van der Waals surface area contributed by atoms with E-state index in [2.05, 4.69) is 0 Å². The summed E-state index contributed by atoms with van der Waals surface area (Å²) in [6.45, 7) is 3.79. The Hall–Kier alpha value is -1.01. The van der Waals surface area contributed by atoms with Gasteiger partial charge in [0.1, 0.15) is 18.0 Å². The molecule has 0 amide bonds. The molecule has 5 atom stereocenters. The van der Waals surface area contributed by atoms with Crippen molar-refractivity contribution in [1.82, 2.24) is 0 Å². The summed E-state index contributed by atoms with van der Waals surface area (Å²) in [5.41, 5.74) is -0.288. The number of ether oxygens (including phenoxy) is 3. The highest BCUT2D eigenvalue weighted by molar-refractivity contribution is 5.26. The van der Waals surface area contributed by atoms with Gasteiger partial charge in [0.05, 0.1) is 17.8 Å². The van der Waals surface area contributed by atoms with Crippen molar-refractivity contribution in [2.75, 3.05) is 0 Å². The van der Waals surface area contributed by atoms with Gasteiger partial charge in [-0.2, -0.15) is 0 Å². The van der Waals surface area contributed by atoms with Crippen LogP contribution in [0, 0.1) is 5.82 Å². The minimum absolute atomic E-state index is 0.139. The van der Waals surface area contributed by atoms with Crippen molar-refractivity contribution < 1.29 is 23.7 Å². The van der Waals surface area contributed by atoms with Gasteiger partial charge in [-0.05, 0) is 31.5 Å². The molecule has 1 unspecified atom stereocenters. The maximum Gasteiger partial charge on any atom is 0.164 e. The normalized spacial score (nSPS) is 43.8. The van der Waals surface area contributed by atoms with E-state index in [0.717, 1.165) is 5.56 Å². The number of rotatable bonds is 1. The first-order valence-electron chi connectivity index (χ1n) is 7.36. The molecule has 0 aliphatic carbocycles. The summed E-state index contributed by atoms with van der Waals surface area (Å²) in [5.74, 6) is -0.899. The fourth-order valence-corrected chi connectivity index (χ4v) is 3.84. The average Bonchev–Trinajstić information content (AvgIpc) is 2.84. The number of aliphatic hydroxyl groups is 1. The third-order valence-corrected chi connectivity index (χ3v) is 4.71. The molecular formula is C16H19FO4. The molecule has 4 rings (SSSR count). The van der Waals surface area contributed by atoms with E-state index in [4.69, 9.17) is 14.2 Å². The maximum atomic E-state index is 13.1. The standard InChI is InChI=1S/C16H19FO4/c1-15(2)20-13-11-7-16(18,8-12(19-11)14(13)21-15)9-3-5-10(17)6-4-9/h3-6,11-14,18H,7-8H2,1-2H3/t11-,12+,13-,14+,16?. The fraction of sp³-hybridized carbons (Fsp3) is 0.625. The van der Waals surface area contributed by atoms with Gasteiger partial charge in [-0.25, -0.2) is 4.39 Å². The molecule has 1 N–H and O–H groups in total. The number of halogens is 1. The molecule has 114 valence electrons. The van der Waals surface area contributed by atoms with E-state index in [0.29, 0.717) is 12.8 Å². The first-order valence-corrected chi connectivity index (χ1v) is 7.36. The van der Waals surface area contributed by atoms with Gasteiger partial charge in [-0.15, -0.1) is 0 Å². The van der Waals surface area contributed by atoms with E-state index in [1.807, 2.05) is 13.8 Å². The molecule has 3 heterocycles. The van der Waals surface area contributed by atoms with Crippen molar-refractivity contribution in [2.45, 2.75) is 62.5 Å². The van der Waals surface area contributed by atoms with Crippen molar-refractivity contribution in [3.63, 3.8) is 0 Å². The van der Waals surface area contributed by atoms with E-state index in [1.165, 1.54) is 12.1 Å². The topological polar surface area (TPSA) is 47.9 Å². The van der Waals surface area contributed by atoms with Crippen LogP contribution in [-0.4, -0.2) is 35.3 Å². The van der Waals surface area contributed by atoms with Crippen LogP contribution in [0.3, 0.4) is 0 Å². The monoisotopic (exact) mass is 294 g/mol. The van der Waals surface area contributed by atoms with Gasteiger partial charge in [0, 0.05) is 12.8 Å². The van der Waals surface area contributed by atoms with Crippen LogP contribution in [0.5, 0.6) is 0 Å². The number of fused-ring (bicyclic) bond motifs is 5. The highest BCUT2D eigenvalue weighted by Gasteiger charge is 2.60. The Morgan fingerprint density at radius 2 is 1.57 bits per heavy atom.